The number of carbonyl (C=O) groups is 2. The molecule has 0 saturated carbocycles. The molecule has 9 nitrogen and oxygen atoms in total. The Morgan fingerprint density at radius 2 is 1.72 bits per heavy atom. The van der Waals surface area contributed by atoms with E-state index >= 15 is 0 Å². The van der Waals surface area contributed by atoms with E-state index < -0.39 is 15.9 Å². The molecule has 2 aromatic carbocycles. The average Bonchev–Trinajstić information content (AvgIpc) is 2.76. The van der Waals surface area contributed by atoms with Gasteiger partial charge in [0.2, 0.25) is 15.9 Å². The highest BCUT2D eigenvalue weighted by atomic mass is 32.2. The molecule has 0 spiro atoms. The van der Waals surface area contributed by atoms with Crippen LogP contribution in [0, 0.1) is 0 Å². The highest BCUT2D eigenvalue weighted by Gasteiger charge is 2.21. The lowest BCUT2D eigenvalue weighted by Gasteiger charge is -2.26. The molecule has 3 rings (SSSR count). The maximum Gasteiger partial charge on any atom is 0.251 e. The van der Waals surface area contributed by atoms with E-state index in [1.54, 1.807) is 12.1 Å². The molecule has 1 aliphatic heterocycles. The van der Waals surface area contributed by atoms with Crippen LogP contribution in [0.15, 0.2) is 53.4 Å². The topological polar surface area (TPSA) is 123 Å². The van der Waals surface area contributed by atoms with Gasteiger partial charge in [0.1, 0.15) is 12.7 Å². The van der Waals surface area contributed by atoms with Crippen molar-refractivity contribution in [2.24, 2.45) is 0 Å². The lowest BCUT2D eigenvalue weighted by atomic mass is 10.2. The van der Waals surface area contributed by atoms with E-state index in [2.05, 4.69) is 15.4 Å². The number of nitrogens with one attached hydrogen (secondary N) is 3. The number of fused-ring (bicyclic) bond motifs is 1. The van der Waals surface area contributed by atoms with Crippen molar-refractivity contribution in [1.29, 1.82) is 0 Å². The predicted octanol–water partition coefficient (Wildman–Crippen LogP) is 0.281. The molecule has 2 aromatic rings. The first-order chi connectivity index (χ1) is 13.9. The summed E-state index contributed by atoms with van der Waals surface area (Å²) >= 11 is 0. The number of ether oxygens (including phenoxy) is 2. The molecular weight excluding hydrogens is 398 g/mol. The van der Waals surface area contributed by atoms with Crippen LogP contribution in [0.5, 0.6) is 11.5 Å². The Morgan fingerprint density at radius 3 is 2.41 bits per heavy atom. The van der Waals surface area contributed by atoms with Crippen LogP contribution in [0.2, 0.25) is 0 Å². The molecule has 154 valence electrons. The van der Waals surface area contributed by atoms with Gasteiger partial charge in [0, 0.05) is 5.56 Å². The molecule has 10 heteroatoms. The van der Waals surface area contributed by atoms with E-state index in [9.17, 15) is 18.0 Å². The molecule has 29 heavy (non-hydrogen) atoms. The summed E-state index contributed by atoms with van der Waals surface area (Å²) in [5, 5.41) is 5.17. The molecule has 0 unspecified atom stereocenters. The number of amides is 2. The van der Waals surface area contributed by atoms with Crippen molar-refractivity contribution in [3.8, 4) is 11.5 Å². The summed E-state index contributed by atoms with van der Waals surface area (Å²) in [6, 6.07) is 12.7. The minimum absolute atomic E-state index is 0.0468. The van der Waals surface area contributed by atoms with E-state index in [0.717, 1.165) is 0 Å². The third kappa shape index (κ3) is 5.24. The van der Waals surface area contributed by atoms with Gasteiger partial charge in [-0.15, -0.1) is 0 Å². The normalized spacial score (nSPS) is 15.4. The smallest absolute Gasteiger partial charge is 0.251 e. The highest BCUT2D eigenvalue weighted by molar-refractivity contribution is 7.89. The Morgan fingerprint density at radius 1 is 1.03 bits per heavy atom. The number of benzene rings is 2. The van der Waals surface area contributed by atoms with Gasteiger partial charge in [-0.3, -0.25) is 9.59 Å². The summed E-state index contributed by atoms with van der Waals surface area (Å²) in [6.07, 6.45) is -0.328. The number of hydrogen-bond acceptors (Lipinski definition) is 6. The third-order valence-corrected chi connectivity index (χ3v) is 5.63. The van der Waals surface area contributed by atoms with Crippen LogP contribution in [-0.4, -0.2) is 53.1 Å². The Hall–Kier alpha value is -3.11. The van der Waals surface area contributed by atoms with E-state index in [0.29, 0.717) is 18.1 Å². The van der Waals surface area contributed by atoms with Gasteiger partial charge in [0.05, 0.1) is 18.0 Å². The molecule has 3 N–H and O–H groups in total. The Balaban J connectivity index is 1.44. The van der Waals surface area contributed by atoms with Crippen molar-refractivity contribution in [2.45, 2.75) is 11.0 Å². The molecule has 1 heterocycles. The van der Waals surface area contributed by atoms with Crippen LogP contribution >= 0.6 is 0 Å². The number of rotatable bonds is 7. The van der Waals surface area contributed by atoms with Crippen molar-refractivity contribution in [2.75, 3.05) is 26.7 Å². The second kappa shape index (κ2) is 8.93. The summed E-state index contributed by atoms with van der Waals surface area (Å²) in [7, 11) is -2.27. The zero-order valence-electron chi connectivity index (χ0n) is 15.7. The quantitative estimate of drug-likeness (QED) is 0.593. The summed E-state index contributed by atoms with van der Waals surface area (Å²) in [5.41, 5.74) is 0.244. The van der Waals surface area contributed by atoms with Crippen molar-refractivity contribution >= 4 is 21.8 Å². The molecule has 0 aromatic heterocycles. The molecule has 0 saturated heterocycles. The van der Waals surface area contributed by atoms with Gasteiger partial charge < -0.3 is 20.1 Å². The van der Waals surface area contributed by atoms with E-state index in [1.165, 1.54) is 31.3 Å². The van der Waals surface area contributed by atoms with E-state index in [1.807, 2.05) is 12.1 Å². The van der Waals surface area contributed by atoms with Crippen LogP contribution in [0.1, 0.15) is 10.4 Å². The molecular formula is C19H21N3O6S. The Bertz CT molecular complexity index is 991. The molecule has 1 atom stereocenters. The highest BCUT2D eigenvalue weighted by Crippen LogP contribution is 2.30. The first-order valence-electron chi connectivity index (χ1n) is 8.86. The van der Waals surface area contributed by atoms with Crippen LogP contribution in [0.25, 0.3) is 0 Å². The first-order valence-corrected chi connectivity index (χ1v) is 10.3. The minimum Gasteiger partial charge on any atom is -0.486 e. The molecule has 2 amide bonds. The lowest BCUT2D eigenvalue weighted by molar-refractivity contribution is -0.120. The van der Waals surface area contributed by atoms with Gasteiger partial charge in [-0.2, -0.15) is 0 Å². The summed E-state index contributed by atoms with van der Waals surface area (Å²) in [6.45, 7) is 0.324. The number of para-hydroxylation sites is 2. The summed E-state index contributed by atoms with van der Waals surface area (Å²) in [4.78, 5) is 24.2. The van der Waals surface area contributed by atoms with Gasteiger partial charge in [-0.1, -0.05) is 12.1 Å². The standard InChI is InChI=1S/C19H21N3O6S/c1-20-29(25,26)15-8-6-13(7-9-15)19(24)22-11-18(23)21-10-14-12-27-16-4-2-3-5-17(16)28-14/h2-9,14,20H,10-12H2,1H3,(H,21,23)(H,22,24)/t14-/m0/s1. The van der Waals surface area contributed by atoms with Crippen LogP contribution in [0.4, 0.5) is 0 Å². The van der Waals surface area contributed by atoms with Gasteiger partial charge in [0.15, 0.2) is 11.5 Å². The molecule has 0 bridgehead atoms. The van der Waals surface area contributed by atoms with E-state index in [-0.39, 0.29) is 35.6 Å². The Kier molecular flexibility index (Phi) is 6.35. The fourth-order valence-electron chi connectivity index (χ4n) is 2.62. The summed E-state index contributed by atoms with van der Waals surface area (Å²) < 4.78 is 36.9. The van der Waals surface area contributed by atoms with Crippen molar-refractivity contribution < 1.29 is 27.5 Å². The minimum atomic E-state index is -3.57. The molecule has 1 aliphatic rings. The SMILES string of the molecule is CNS(=O)(=O)c1ccc(C(=O)NCC(=O)NC[C@H]2COc3ccccc3O2)cc1. The molecule has 0 fully saturated rings. The zero-order chi connectivity index (χ0) is 20.9. The van der Waals surface area contributed by atoms with Gasteiger partial charge in [-0.05, 0) is 43.4 Å². The van der Waals surface area contributed by atoms with Crippen molar-refractivity contribution in [3.63, 3.8) is 0 Å². The number of carbonyl (C=O) groups excluding carboxylic acids is 2. The first kappa shape index (κ1) is 20.6. The van der Waals surface area contributed by atoms with Crippen LogP contribution < -0.4 is 24.8 Å². The Labute approximate surface area is 168 Å². The lowest BCUT2D eigenvalue weighted by Crippen LogP contribution is -2.44. The molecule has 0 radical (unpaired) electrons. The largest absolute Gasteiger partial charge is 0.486 e. The van der Waals surface area contributed by atoms with Crippen LogP contribution in [-0.2, 0) is 14.8 Å². The molecule has 0 aliphatic carbocycles. The fraction of sp³-hybridized carbons (Fsp3) is 0.263. The number of hydrogen-bond donors (Lipinski definition) is 3. The maximum absolute atomic E-state index is 12.1. The van der Waals surface area contributed by atoms with E-state index in [4.69, 9.17) is 9.47 Å². The summed E-state index contributed by atoms with van der Waals surface area (Å²) in [5.74, 6) is 0.417. The predicted molar refractivity (Wildman–Crippen MR) is 104 cm³/mol. The number of sulfonamides is 1. The van der Waals surface area contributed by atoms with Crippen molar-refractivity contribution in [1.82, 2.24) is 15.4 Å². The monoisotopic (exact) mass is 419 g/mol. The zero-order valence-corrected chi connectivity index (χ0v) is 16.5. The second-order valence-electron chi connectivity index (χ2n) is 6.22. The van der Waals surface area contributed by atoms with Gasteiger partial charge in [-0.25, -0.2) is 13.1 Å². The second-order valence-corrected chi connectivity index (χ2v) is 8.10. The van der Waals surface area contributed by atoms with Gasteiger partial charge in [0.25, 0.3) is 5.91 Å². The third-order valence-electron chi connectivity index (χ3n) is 4.20. The average molecular weight is 419 g/mol. The van der Waals surface area contributed by atoms with Gasteiger partial charge >= 0.3 is 0 Å². The van der Waals surface area contributed by atoms with Crippen molar-refractivity contribution in [3.05, 3.63) is 54.1 Å². The maximum atomic E-state index is 12.1. The van der Waals surface area contributed by atoms with Crippen LogP contribution in [0.3, 0.4) is 0 Å². The fourth-order valence-corrected chi connectivity index (χ4v) is 3.35.